The summed E-state index contributed by atoms with van der Waals surface area (Å²) in [5.41, 5.74) is 2.18. The molecule has 0 saturated carbocycles. The van der Waals surface area contributed by atoms with Crippen molar-refractivity contribution in [3.63, 3.8) is 0 Å². The number of nitrogens with zero attached hydrogens (tertiary/aromatic N) is 1. The van der Waals surface area contributed by atoms with Gasteiger partial charge in [0.25, 0.3) is 0 Å². The van der Waals surface area contributed by atoms with Crippen LogP contribution in [0.25, 0.3) is 0 Å². The molecule has 2 aromatic carbocycles. The zero-order valence-corrected chi connectivity index (χ0v) is 17.3. The molecule has 3 nitrogen and oxygen atoms in total. The van der Waals surface area contributed by atoms with Crippen LogP contribution in [0.3, 0.4) is 0 Å². The summed E-state index contributed by atoms with van der Waals surface area (Å²) in [6, 6.07) is 9.40. The van der Waals surface area contributed by atoms with Crippen LogP contribution in [0.1, 0.15) is 40.8 Å². The standard InChI is InChI=1S/C20H19F3INO2/c1-11-4-5-17(24)15(6-11)10-25-13(3)18(27-19(25)26)14-7-12(2)8-16(9-14)20(21,22)23/h4-9,13,18H,10H2,1-3H3/t13-,18-/m0/s1. The van der Waals surface area contributed by atoms with Gasteiger partial charge in [0, 0.05) is 3.57 Å². The summed E-state index contributed by atoms with van der Waals surface area (Å²) in [6.07, 6.45) is -5.69. The molecule has 1 saturated heterocycles. The van der Waals surface area contributed by atoms with Crippen molar-refractivity contribution < 1.29 is 22.7 Å². The molecule has 0 aliphatic carbocycles. The molecule has 144 valence electrons. The summed E-state index contributed by atoms with van der Waals surface area (Å²) >= 11 is 2.21. The number of carbonyl (C=O) groups excluding carboxylic acids is 1. The van der Waals surface area contributed by atoms with Crippen molar-refractivity contribution in [3.05, 3.63) is 67.8 Å². The molecule has 1 fully saturated rings. The Kier molecular flexibility index (Phi) is 5.42. The van der Waals surface area contributed by atoms with E-state index in [9.17, 15) is 18.0 Å². The number of hydrogen-bond donors (Lipinski definition) is 0. The van der Waals surface area contributed by atoms with Gasteiger partial charge < -0.3 is 4.74 Å². The van der Waals surface area contributed by atoms with Gasteiger partial charge in [-0.15, -0.1) is 0 Å². The van der Waals surface area contributed by atoms with Crippen molar-refractivity contribution in [2.45, 2.75) is 45.6 Å². The van der Waals surface area contributed by atoms with Crippen molar-refractivity contribution in [2.75, 3.05) is 0 Å². The lowest BCUT2D eigenvalue weighted by Crippen LogP contribution is -2.31. The van der Waals surface area contributed by atoms with Gasteiger partial charge in [0.1, 0.15) is 6.10 Å². The van der Waals surface area contributed by atoms with Gasteiger partial charge in [-0.25, -0.2) is 4.79 Å². The molecule has 2 atom stereocenters. The minimum atomic E-state index is -4.44. The Bertz CT molecular complexity index is 882. The Hall–Kier alpha value is -1.77. The van der Waals surface area contributed by atoms with Crippen LogP contribution in [0, 0.1) is 17.4 Å². The third kappa shape index (κ3) is 4.23. The fourth-order valence-electron chi connectivity index (χ4n) is 3.31. The molecule has 0 unspecified atom stereocenters. The lowest BCUT2D eigenvalue weighted by atomic mass is 9.98. The summed E-state index contributed by atoms with van der Waals surface area (Å²) in [5.74, 6) is 0. The number of ether oxygens (including phenoxy) is 1. The summed E-state index contributed by atoms with van der Waals surface area (Å²) in [7, 11) is 0. The molecule has 0 aromatic heterocycles. The monoisotopic (exact) mass is 489 g/mol. The lowest BCUT2D eigenvalue weighted by molar-refractivity contribution is -0.137. The van der Waals surface area contributed by atoms with Crippen LogP contribution in [0.4, 0.5) is 18.0 Å². The van der Waals surface area contributed by atoms with Gasteiger partial charge in [-0.2, -0.15) is 13.2 Å². The van der Waals surface area contributed by atoms with Crippen molar-refractivity contribution >= 4 is 28.7 Å². The second-order valence-corrected chi connectivity index (χ2v) is 8.06. The molecular formula is C20H19F3INO2. The quantitative estimate of drug-likeness (QED) is 0.495. The largest absolute Gasteiger partial charge is 0.439 e. The van der Waals surface area contributed by atoms with Gasteiger partial charge in [0.2, 0.25) is 0 Å². The number of benzene rings is 2. The molecule has 7 heteroatoms. The van der Waals surface area contributed by atoms with Crippen LogP contribution >= 0.6 is 22.6 Å². The highest BCUT2D eigenvalue weighted by Gasteiger charge is 2.41. The highest BCUT2D eigenvalue weighted by Crippen LogP contribution is 2.37. The molecule has 1 aliphatic rings. The van der Waals surface area contributed by atoms with E-state index in [1.165, 1.54) is 0 Å². The molecule has 0 radical (unpaired) electrons. The molecule has 0 spiro atoms. The van der Waals surface area contributed by atoms with E-state index in [1.807, 2.05) is 25.1 Å². The first-order valence-corrected chi connectivity index (χ1v) is 9.55. The van der Waals surface area contributed by atoms with Crippen molar-refractivity contribution in [1.82, 2.24) is 4.90 Å². The van der Waals surface area contributed by atoms with Crippen LogP contribution in [-0.4, -0.2) is 17.0 Å². The van der Waals surface area contributed by atoms with E-state index in [0.29, 0.717) is 17.7 Å². The SMILES string of the molecule is Cc1cc([C@H]2OC(=O)N(Cc3cc(C)ccc3I)[C@H]2C)cc(C(F)(F)F)c1. The second-order valence-electron chi connectivity index (χ2n) is 6.90. The van der Waals surface area contributed by atoms with E-state index in [4.69, 9.17) is 4.74 Å². The number of carbonyl (C=O) groups is 1. The number of cyclic esters (lactones) is 1. The highest BCUT2D eigenvalue weighted by molar-refractivity contribution is 14.1. The highest BCUT2D eigenvalue weighted by atomic mass is 127. The third-order valence-electron chi connectivity index (χ3n) is 4.69. The summed E-state index contributed by atoms with van der Waals surface area (Å²) < 4.78 is 45.9. The minimum Gasteiger partial charge on any atom is -0.439 e. The number of aryl methyl sites for hydroxylation is 2. The second kappa shape index (κ2) is 7.33. The molecule has 27 heavy (non-hydrogen) atoms. The Morgan fingerprint density at radius 2 is 1.81 bits per heavy atom. The lowest BCUT2D eigenvalue weighted by Gasteiger charge is -2.22. The molecule has 1 aliphatic heterocycles. The van der Waals surface area contributed by atoms with Gasteiger partial charge >= 0.3 is 12.3 Å². The fourth-order valence-corrected chi connectivity index (χ4v) is 3.81. The number of hydrogen-bond acceptors (Lipinski definition) is 2. The zero-order valence-electron chi connectivity index (χ0n) is 15.1. The average Bonchev–Trinajstić information content (AvgIpc) is 2.85. The molecule has 0 bridgehead atoms. The van der Waals surface area contributed by atoms with Gasteiger partial charge in [-0.1, -0.05) is 29.3 Å². The summed E-state index contributed by atoms with van der Waals surface area (Å²) in [4.78, 5) is 14.0. The first-order valence-electron chi connectivity index (χ1n) is 8.47. The number of halogens is 4. The molecule has 0 N–H and O–H groups in total. The Balaban J connectivity index is 1.89. The fraction of sp³-hybridized carbons (Fsp3) is 0.350. The van der Waals surface area contributed by atoms with E-state index in [1.54, 1.807) is 24.8 Å². The summed E-state index contributed by atoms with van der Waals surface area (Å²) in [5, 5.41) is 0. The van der Waals surface area contributed by atoms with Crippen molar-refractivity contribution in [2.24, 2.45) is 0 Å². The van der Waals surface area contributed by atoms with Crippen LogP contribution in [-0.2, 0) is 17.5 Å². The van der Waals surface area contributed by atoms with E-state index in [0.717, 1.165) is 26.8 Å². The van der Waals surface area contributed by atoms with E-state index in [2.05, 4.69) is 22.6 Å². The molecule has 1 heterocycles. The maximum Gasteiger partial charge on any atom is 0.416 e. The topological polar surface area (TPSA) is 29.5 Å². The zero-order chi connectivity index (χ0) is 19.9. The predicted octanol–water partition coefficient (Wildman–Crippen LogP) is 6.01. The number of alkyl halides is 3. The van der Waals surface area contributed by atoms with Crippen LogP contribution in [0.2, 0.25) is 0 Å². The first-order chi connectivity index (χ1) is 12.6. The average molecular weight is 489 g/mol. The van der Waals surface area contributed by atoms with Crippen LogP contribution in [0.15, 0.2) is 36.4 Å². The molecule has 2 aromatic rings. The number of amides is 1. The summed E-state index contributed by atoms with van der Waals surface area (Å²) in [6.45, 7) is 5.73. The van der Waals surface area contributed by atoms with Gasteiger partial charge in [0.15, 0.2) is 0 Å². The Labute approximate surface area is 169 Å². The minimum absolute atomic E-state index is 0.356. The smallest absolute Gasteiger partial charge is 0.416 e. The van der Waals surface area contributed by atoms with Crippen LogP contribution < -0.4 is 0 Å². The van der Waals surface area contributed by atoms with Crippen LogP contribution in [0.5, 0.6) is 0 Å². The molecule has 3 rings (SSSR count). The Morgan fingerprint density at radius 3 is 2.48 bits per heavy atom. The number of rotatable bonds is 3. The van der Waals surface area contributed by atoms with Gasteiger partial charge in [-0.3, -0.25) is 4.90 Å². The first kappa shape index (κ1) is 20.0. The Morgan fingerprint density at radius 1 is 1.11 bits per heavy atom. The normalized spacial score (nSPS) is 20.1. The van der Waals surface area contributed by atoms with E-state index >= 15 is 0 Å². The maximum absolute atomic E-state index is 13.1. The van der Waals surface area contributed by atoms with E-state index < -0.39 is 23.9 Å². The van der Waals surface area contributed by atoms with Crippen molar-refractivity contribution in [1.29, 1.82) is 0 Å². The van der Waals surface area contributed by atoms with Gasteiger partial charge in [0.05, 0.1) is 18.2 Å². The maximum atomic E-state index is 13.1. The molecular weight excluding hydrogens is 470 g/mol. The van der Waals surface area contributed by atoms with Gasteiger partial charge in [-0.05, 0) is 72.7 Å². The van der Waals surface area contributed by atoms with Crippen molar-refractivity contribution in [3.8, 4) is 0 Å². The predicted molar refractivity (Wildman–Crippen MR) is 104 cm³/mol. The van der Waals surface area contributed by atoms with E-state index in [-0.39, 0.29) is 6.04 Å². The molecule has 1 amide bonds. The third-order valence-corrected chi connectivity index (χ3v) is 5.74.